The smallest absolute Gasteiger partial charge is 0.273 e. The number of nitrogens with zero attached hydrogens (tertiary/aromatic N) is 2. The summed E-state index contributed by atoms with van der Waals surface area (Å²) < 4.78 is 0.996. The molecular formula is C13H14BrN3OS. The minimum absolute atomic E-state index is 0.0910. The standard InChI is InChI=1S/C13H14BrN3OS/c1-17(7-9-4-2-3-5-10(9)14)13(18)11-8-19-12(6-15)16-11/h2-5,8H,6-7,15H2,1H3. The lowest BCUT2D eigenvalue weighted by Crippen LogP contribution is -2.26. The predicted octanol–water partition coefficient (Wildman–Crippen LogP) is 2.64. The van der Waals surface area contributed by atoms with E-state index in [4.69, 9.17) is 5.73 Å². The first-order chi connectivity index (χ1) is 9.11. The number of rotatable bonds is 4. The van der Waals surface area contributed by atoms with Crippen LogP contribution in [0, 0.1) is 0 Å². The van der Waals surface area contributed by atoms with Gasteiger partial charge < -0.3 is 10.6 Å². The molecule has 0 aliphatic rings. The number of amides is 1. The van der Waals surface area contributed by atoms with E-state index < -0.39 is 0 Å². The SMILES string of the molecule is CN(Cc1ccccc1Br)C(=O)c1csc(CN)n1. The summed E-state index contributed by atoms with van der Waals surface area (Å²) in [6.45, 7) is 0.904. The Kier molecular flexibility index (Phi) is 4.68. The van der Waals surface area contributed by atoms with Gasteiger partial charge in [-0.1, -0.05) is 34.1 Å². The summed E-state index contributed by atoms with van der Waals surface area (Å²) in [6.07, 6.45) is 0. The monoisotopic (exact) mass is 339 g/mol. The quantitative estimate of drug-likeness (QED) is 0.931. The van der Waals surface area contributed by atoms with Crippen molar-refractivity contribution in [3.63, 3.8) is 0 Å². The minimum atomic E-state index is -0.0910. The Morgan fingerprint density at radius 1 is 1.47 bits per heavy atom. The van der Waals surface area contributed by atoms with Crippen LogP contribution in [0.4, 0.5) is 0 Å². The van der Waals surface area contributed by atoms with Gasteiger partial charge in [-0.25, -0.2) is 4.98 Å². The van der Waals surface area contributed by atoms with Crippen molar-refractivity contribution in [1.29, 1.82) is 0 Å². The molecule has 0 bridgehead atoms. The van der Waals surface area contributed by atoms with Crippen molar-refractivity contribution in [3.8, 4) is 0 Å². The molecule has 1 amide bonds. The fraction of sp³-hybridized carbons (Fsp3) is 0.231. The fourth-order valence-corrected chi connectivity index (χ4v) is 2.71. The van der Waals surface area contributed by atoms with Gasteiger partial charge >= 0.3 is 0 Å². The normalized spacial score (nSPS) is 10.5. The summed E-state index contributed by atoms with van der Waals surface area (Å²) in [5.41, 5.74) is 7.02. The van der Waals surface area contributed by atoms with Crippen LogP contribution in [0.1, 0.15) is 21.1 Å². The first-order valence-corrected chi connectivity index (χ1v) is 7.42. The number of benzene rings is 1. The van der Waals surface area contributed by atoms with Crippen molar-refractivity contribution >= 4 is 33.2 Å². The first kappa shape index (κ1) is 14.2. The van der Waals surface area contributed by atoms with Crippen LogP contribution in [0.5, 0.6) is 0 Å². The molecule has 0 unspecified atom stereocenters. The van der Waals surface area contributed by atoms with Crippen molar-refractivity contribution in [2.45, 2.75) is 13.1 Å². The van der Waals surface area contributed by atoms with Gasteiger partial charge in [0.25, 0.3) is 5.91 Å². The van der Waals surface area contributed by atoms with Crippen LogP contribution in [-0.4, -0.2) is 22.8 Å². The summed E-state index contributed by atoms with van der Waals surface area (Å²) in [7, 11) is 1.77. The van der Waals surface area contributed by atoms with Crippen LogP contribution in [0.3, 0.4) is 0 Å². The van der Waals surface area contributed by atoms with E-state index in [1.54, 1.807) is 17.3 Å². The van der Waals surface area contributed by atoms with Crippen molar-refractivity contribution in [1.82, 2.24) is 9.88 Å². The second-order valence-corrected chi connectivity index (χ2v) is 5.88. The maximum atomic E-state index is 12.2. The molecule has 0 saturated heterocycles. The molecule has 2 N–H and O–H groups in total. The molecule has 0 fully saturated rings. The van der Waals surface area contributed by atoms with Gasteiger partial charge in [0.2, 0.25) is 0 Å². The molecule has 0 atom stereocenters. The summed E-state index contributed by atoms with van der Waals surface area (Å²) in [5, 5.41) is 2.53. The number of thiazole rings is 1. The number of halogens is 1. The van der Waals surface area contributed by atoms with Crippen LogP contribution in [0.25, 0.3) is 0 Å². The van der Waals surface area contributed by atoms with Gasteiger partial charge in [-0.3, -0.25) is 4.79 Å². The molecule has 4 nitrogen and oxygen atoms in total. The lowest BCUT2D eigenvalue weighted by molar-refractivity contribution is 0.0779. The third-order valence-electron chi connectivity index (χ3n) is 2.66. The Morgan fingerprint density at radius 2 is 2.21 bits per heavy atom. The fourth-order valence-electron chi connectivity index (χ4n) is 1.65. The third kappa shape index (κ3) is 3.40. The Bertz CT molecular complexity index is 585. The number of nitrogens with two attached hydrogens (primary N) is 1. The first-order valence-electron chi connectivity index (χ1n) is 5.75. The van der Waals surface area contributed by atoms with Crippen LogP contribution in [0.15, 0.2) is 34.1 Å². The van der Waals surface area contributed by atoms with E-state index in [1.165, 1.54) is 11.3 Å². The zero-order valence-electron chi connectivity index (χ0n) is 10.5. The topological polar surface area (TPSA) is 59.2 Å². The van der Waals surface area contributed by atoms with E-state index in [0.717, 1.165) is 15.0 Å². The molecule has 2 rings (SSSR count). The zero-order valence-corrected chi connectivity index (χ0v) is 12.9. The van der Waals surface area contributed by atoms with Gasteiger partial charge in [-0.2, -0.15) is 0 Å². The summed E-state index contributed by atoms with van der Waals surface area (Å²) in [6, 6.07) is 7.85. The van der Waals surface area contributed by atoms with Crippen LogP contribution in [-0.2, 0) is 13.1 Å². The van der Waals surface area contributed by atoms with Gasteiger partial charge in [-0.15, -0.1) is 11.3 Å². The maximum absolute atomic E-state index is 12.2. The summed E-state index contributed by atoms with van der Waals surface area (Å²) in [5.74, 6) is -0.0910. The predicted molar refractivity (Wildman–Crippen MR) is 79.9 cm³/mol. The highest BCUT2D eigenvalue weighted by molar-refractivity contribution is 9.10. The second-order valence-electron chi connectivity index (χ2n) is 4.08. The van der Waals surface area contributed by atoms with Gasteiger partial charge in [0.15, 0.2) is 0 Å². The molecule has 0 radical (unpaired) electrons. The molecule has 100 valence electrons. The Labute approximate surface area is 124 Å². The highest BCUT2D eigenvalue weighted by Gasteiger charge is 2.16. The van der Waals surface area contributed by atoms with E-state index >= 15 is 0 Å². The van der Waals surface area contributed by atoms with Crippen LogP contribution >= 0.6 is 27.3 Å². The molecular weight excluding hydrogens is 326 g/mol. The number of hydrogen-bond acceptors (Lipinski definition) is 4. The maximum Gasteiger partial charge on any atom is 0.273 e. The van der Waals surface area contributed by atoms with Crippen molar-refractivity contribution in [2.75, 3.05) is 7.05 Å². The number of hydrogen-bond donors (Lipinski definition) is 1. The molecule has 19 heavy (non-hydrogen) atoms. The van der Waals surface area contributed by atoms with Gasteiger partial charge in [-0.05, 0) is 11.6 Å². The zero-order chi connectivity index (χ0) is 13.8. The molecule has 1 aromatic heterocycles. The number of aromatic nitrogens is 1. The van der Waals surface area contributed by atoms with Gasteiger partial charge in [0, 0.05) is 30.0 Å². The number of carbonyl (C=O) groups excluding carboxylic acids is 1. The Hall–Kier alpha value is -1.24. The van der Waals surface area contributed by atoms with E-state index in [-0.39, 0.29) is 5.91 Å². The molecule has 6 heteroatoms. The number of carbonyl (C=O) groups is 1. The van der Waals surface area contributed by atoms with Crippen LogP contribution < -0.4 is 5.73 Å². The molecule has 2 aromatic rings. The summed E-state index contributed by atoms with van der Waals surface area (Å²) in [4.78, 5) is 18.1. The largest absolute Gasteiger partial charge is 0.336 e. The third-order valence-corrected chi connectivity index (χ3v) is 4.30. The molecule has 0 aliphatic carbocycles. The molecule has 1 heterocycles. The van der Waals surface area contributed by atoms with Gasteiger partial charge in [0.05, 0.1) is 0 Å². The van der Waals surface area contributed by atoms with E-state index in [2.05, 4.69) is 20.9 Å². The van der Waals surface area contributed by atoms with E-state index in [9.17, 15) is 4.79 Å². The summed E-state index contributed by atoms with van der Waals surface area (Å²) >= 11 is 4.89. The van der Waals surface area contributed by atoms with E-state index in [0.29, 0.717) is 18.8 Å². The molecule has 0 spiro atoms. The van der Waals surface area contributed by atoms with Crippen molar-refractivity contribution < 1.29 is 4.79 Å². The van der Waals surface area contributed by atoms with Crippen molar-refractivity contribution in [2.24, 2.45) is 5.73 Å². The molecule has 1 aromatic carbocycles. The minimum Gasteiger partial charge on any atom is -0.336 e. The highest BCUT2D eigenvalue weighted by Crippen LogP contribution is 2.18. The lowest BCUT2D eigenvalue weighted by Gasteiger charge is -2.16. The average Bonchev–Trinajstić information content (AvgIpc) is 2.89. The van der Waals surface area contributed by atoms with E-state index in [1.807, 2.05) is 24.3 Å². The lowest BCUT2D eigenvalue weighted by atomic mass is 10.2. The second kappa shape index (κ2) is 6.27. The van der Waals surface area contributed by atoms with Gasteiger partial charge in [0.1, 0.15) is 10.7 Å². The Morgan fingerprint density at radius 3 is 2.84 bits per heavy atom. The van der Waals surface area contributed by atoms with Crippen LogP contribution in [0.2, 0.25) is 0 Å². The Balaban J connectivity index is 2.09. The average molecular weight is 340 g/mol. The molecule has 0 saturated carbocycles. The molecule has 0 aliphatic heterocycles. The highest BCUT2D eigenvalue weighted by atomic mass is 79.9. The van der Waals surface area contributed by atoms with Crippen molar-refractivity contribution in [3.05, 3.63) is 50.4 Å².